The van der Waals surface area contributed by atoms with Crippen LogP contribution in [-0.4, -0.2) is 36.4 Å². The fraction of sp³-hybridized carbons (Fsp3) is 0.300. The molecule has 4 nitrogen and oxygen atoms in total. The number of nitrogens with one attached hydrogen (secondary N) is 1. The number of aryl methyl sites for hydroxylation is 1. The lowest BCUT2D eigenvalue weighted by Gasteiger charge is -2.24. The number of thiazole rings is 1. The van der Waals surface area contributed by atoms with Crippen molar-refractivity contribution in [2.45, 2.75) is 19.4 Å². The summed E-state index contributed by atoms with van der Waals surface area (Å²) in [5, 5.41) is 10.4. The summed E-state index contributed by atoms with van der Waals surface area (Å²) >= 11 is 3.33. The molecule has 2 heterocycles. The lowest BCUT2D eigenvalue weighted by Crippen LogP contribution is -2.35. The Bertz CT molecular complexity index is 838. The Balaban J connectivity index is 1.56. The van der Waals surface area contributed by atoms with Crippen LogP contribution in [0.15, 0.2) is 46.5 Å². The summed E-state index contributed by atoms with van der Waals surface area (Å²) in [5.41, 5.74) is 4.33. The lowest BCUT2D eigenvalue weighted by molar-refractivity contribution is -0.120. The van der Waals surface area contributed by atoms with Crippen LogP contribution in [0.1, 0.15) is 22.2 Å². The number of amides is 1. The fourth-order valence-corrected chi connectivity index (χ4v) is 4.14. The van der Waals surface area contributed by atoms with Gasteiger partial charge >= 0.3 is 0 Å². The number of aromatic nitrogens is 1. The monoisotopic (exact) mass is 385 g/mol. The van der Waals surface area contributed by atoms with Gasteiger partial charge in [-0.1, -0.05) is 24.3 Å². The molecule has 0 aliphatic rings. The third kappa shape index (κ3) is 4.78. The molecule has 0 spiro atoms. The van der Waals surface area contributed by atoms with Crippen molar-refractivity contribution in [3.8, 4) is 11.3 Å². The van der Waals surface area contributed by atoms with Gasteiger partial charge in [0.1, 0.15) is 0 Å². The second kappa shape index (κ2) is 8.58. The summed E-state index contributed by atoms with van der Waals surface area (Å²) in [6.07, 6.45) is 0.389. The van der Waals surface area contributed by atoms with E-state index in [1.165, 1.54) is 5.56 Å². The molecule has 0 saturated carbocycles. The van der Waals surface area contributed by atoms with E-state index in [0.717, 1.165) is 21.8 Å². The average Bonchev–Trinajstić information content (AvgIpc) is 3.27. The molecule has 1 aromatic carbocycles. The molecule has 0 fully saturated rings. The highest BCUT2D eigenvalue weighted by atomic mass is 32.1. The summed E-state index contributed by atoms with van der Waals surface area (Å²) in [7, 11) is 4.07. The predicted octanol–water partition coefficient (Wildman–Crippen LogP) is 4.14. The quantitative estimate of drug-likeness (QED) is 0.665. The van der Waals surface area contributed by atoms with Crippen molar-refractivity contribution < 1.29 is 4.79 Å². The van der Waals surface area contributed by atoms with Crippen LogP contribution in [0.2, 0.25) is 0 Å². The molecule has 1 unspecified atom stereocenters. The van der Waals surface area contributed by atoms with Crippen LogP contribution in [0.3, 0.4) is 0 Å². The number of benzene rings is 1. The van der Waals surface area contributed by atoms with Crippen LogP contribution in [0.25, 0.3) is 11.3 Å². The molecule has 0 aliphatic heterocycles. The Morgan fingerprint density at radius 1 is 1.19 bits per heavy atom. The van der Waals surface area contributed by atoms with E-state index in [0.29, 0.717) is 13.0 Å². The number of rotatable bonds is 7. The number of carbonyl (C=O) groups excluding carboxylic acids is 1. The van der Waals surface area contributed by atoms with Crippen LogP contribution in [0, 0.1) is 6.92 Å². The van der Waals surface area contributed by atoms with Crippen molar-refractivity contribution in [2.75, 3.05) is 20.6 Å². The molecule has 1 amide bonds. The zero-order valence-electron chi connectivity index (χ0n) is 15.2. The van der Waals surface area contributed by atoms with E-state index in [-0.39, 0.29) is 11.9 Å². The first-order valence-corrected chi connectivity index (χ1v) is 10.3. The van der Waals surface area contributed by atoms with Gasteiger partial charge in [0.2, 0.25) is 5.91 Å². The van der Waals surface area contributed by atoms with E-state index < -0.39 is 0 Å². The molecule has 1 N–H and O–H groups in total. The number of nitrogens with zero attached hydrogens (tertiary/aromatic N) is 2. The molecule has 2 aromatic heterocycles. The summed E-state index contributed by atoms with van der Waals surface area (Å²) in [6, 6.07) is 10.4. The number of carbonyl (C=O) groups is 1. The minimum absolute atomic E-state index is 0.0457. The van der Waals surface area contributed by atoms with Crippen molar-refractivity contribution in [3.63, 3.8) is 0 Å². The van der Waals surface area contributed by atoms with E-state index in [1.54, 1.807) is 22.7 Å². The summed E-state index contributed by atoms with van der Waals surface area (Å²) in [4.78, 5) is 19.0. The number of hydrogen-bond donors (Lipinski definition) is 1. The highest BCUT2D eigenvalue weighted by molar-refractivity contribution is 7.09. The predicted molar refractivity (Wildman–Crippen MR) is 110 cm³/mol. The van der Waals surface area contributed by atoms with Crippen molar-refractivity contribution in [3.05, 3.63) is 62.6 Å². The second-order valence-electron chi connectivity index (χ2n) is 6.47. The van der Waals surface area contributed by atoms with Crippen LogP contribution in [0.4, 0.5) is 0 Å². The minimum atomic E-state index is 0.0457. The highest BCUT2D eigenvalue weighted by Crippen LogP contribution is 2.22. The normalized spacial score (nSPS) is 12.3. The Hall–Kier alpha value is -2.02. The van der Waals surface area contributed by atoms with Crippen molar-refractivity contribution in [2.24, 2.45) is 0 Å². The van der Waals surface area contributed by atoms with Gasteiger partial charge in [-0.25, -0.2) is 4.98 Å². The van der Waals surface area contributed by atoms with Crippen molar-refractivity contribution >= 4 is 28.6 Å². The maximum atomic E-state index is 12.3. The van der Waals surface area contributed by atoms with Crippen LogP contribution >= 0.6 is 22.7 Å². The second-order valence-corrected chi connectivity index (χ2v) is 8.31. The van der Waals surface area contributed by atoms with Gasteiger partial charge in [0.15, 0.2) is 0 Å². The molecule has 1 atom stereocenters. The van der Waals surface area contributed by atoms with Gasteiger partial charge in [0, 0.05) is 17.5 Å². The molecule has 3 rings (SSSR count). The summed E-state index contributed by atoms with van der Waals surface area (Å²) < 4.78 is 0. The minimum Gasteiger partial charge on any atom is -0.354 e. The Morgan fingerprint density at radius 3 is 2.54 bits per heavy atom. The molecular formula is C20H23N3OS2. The van der Waals surface area contributed by atoms with E-state index in [2.05, 4.69) is 37.4 Å². The van der Waals surface area contributed by atoms with E-state index in [4.69, 9.17) is 0 Å². The number of hydrogen-bond acceptors (Lipinski definition) is 5. The standard InChI is InChI=1S/C20H23N3OS2/c1-14-22-18(13-26-14)16-6-4-15(5-7-16)10-20(24)21-11-19(23(2)3)17-8-9-25-12-17/h4-9,12-13,19H,10-11H2,1-3H3,(H,21,24). The number of likely N-dealkylation sites (N-methyl/N-ethyl adjacent to an activating group) is 1. The van der Waals surface area contributed by atoms with Crippen molar-refractivity contribution in [1.29, 1.82) is 0 Å². The van der Waals surface area contributed by atoms with Gasteiger partial charge in [0.25, 0.3) is 0 Å². The van der Waals surface area contributed by atoms with Gasteiger partial charge in [-0.05, 0) is 49.0 Å². The zero-order chi connectivity index (χ0) is 18.5. The Morgan fingerprint density at radius 2 is 1.96 bits per heavy atom. The van der Waals surface area contributed by atoms with Crippen molar-refractivity contribution in [1.82, 2.24) is 15.2 Å². The van der Waals surface area contributed by atoms with Crippen LogP contribution in [-0.2, 0) is 11.2 Å². The SMILES string of the molecule is Cc1nc(-c2ccc(CC(=O)NCC(c3ccsc3)N(C)C)cc2)cs1. The molecule has 26 heavy (non-hydrogen) atoms. The van der Waals surface area contributed by atoms with Gasteiger partial charge in [-0.15, -0.1) is 11.3 Å². The van der Waals surface area contributed by atoms with E-state index in [9.17, 15) is 4.79 Å². The Labute approximate surface area is 162 Å². The van der Waals surface area contributed by atoms with Crippen LogP contribution in [0.5, 0.6) is 0 Å². The molecule has 136 valence electrons. The van der Waals surface area contributed by atoms with Gasteiger partial charge < -0.3 is 10.2 Å². The fourth-order valence-electron chi connectivity index (χ4n) is 2.81. The third-order valence-corrected chi connectivity index (χ3v) is 5.75. The van der Waals surface area contributed by atoms with Gasteiger partial charge in [-0.2, -0.15) is 11.3 Å². The largest absolute Gasteiger partial charge is 0.354 e. The molecule has 0 bridgehead atoms. The molecule has 0 radical (unpaired) electrons. The molecular weight excluding hydrogens is 362 g/mol. The summed E-state index contributed by atoms with van der Waals surface area (Å²) in [6.45, 7) is 2.61. The first kappa shape index (κ1) is 18.8. The maximum Gasteiger partial charge on any atom is 0.224 e. The van der Waals surface area contributed by atoms with E-state index in [1.807, 2.05) is 45.3 Å². The summed E-state index contributed by atoms with van der Waals surface area (Å²) in [5.74, 6) is 0.0457. The third-order valence-electron chi connectivity index (χ3n) is 4.28. The topological polar surface area (TPSA) is 45.2 Å². The zero-order valence-corrected chi connectivity index (χ0v) is 16.9. The number of thiophene rings is 1. The van der Waals surface area contributed by atoms with E-state index >= 15 is 0 Å². The lowest BCUT2D eigenvalue weighted by atomic mass is 10.1. The first-order valence-electron chi connectivity index (χ1n) is 8.49. The van der Waals surface area contributed by atoms with Gasteiger partial charge in [-0.3, -0.25) is 4.79 Å². The first-order chi connectivity index (χ1) is 12.5. The molecule has 6 heteroatoms. The molecule has 3 aromatic rings. The van der Waals surface area contributed by atoms with Crippen LogP contribution < -0.4 is 5.32 Å². The smallest absolute Gasteiger partial charge is 0.224 e. The average molecular weight is 386 g/mol. The maximum absolute atomic E-state index is 12.3. The molecule has 0 saturated heterocycles. The Kier molecular flexibility index (Phi) is 6.19. The molecule has 0 aliphatic carbocycles. The highest BCUT2D eigenvalue weighted by Gasteiger charge is 2.15. The van der Waals surface area contributed by atoms with Gasteiger partial charge in [0.05, 0.1) is 23.2 Å².